The Kier molecular flexibility index (Phi) is 7.30. The van der Waals surface area contributed by atoms with Crippen molar-refractivity contribution in [3.63, 3.8) is 0 Å². The number of aliphatic carboxylic acids is 2. The second kappa shape index (κ2) is 12.4. The lowest BCUT2D eigenvalue weighted by atomic mass is 9.88. The fourth-order valence-corrected chi connectivity index (χ4v) is 3.57. The second-order valence-corrected chi connectivity index (χ2v) is 7.90. The fraction of sp³-hybridized carbons (Fsp3) is 0.360. The second-order valence-electron chi connectivity index (χ2n) is 7.46. The van der Waals surface area contributed by atoms with E-state index in [2.05, 4.69) is 11.9 Å². The molecule has 172 valence electrons. The van der Waals surface area contributed by atoms with Crippen LogP contribution in [0.4, 0.5) is 0 Å². The van der Waals surface area contributed by atoms with Crippen LogP contribution in [-0.4, -0.2) is 53.3 Å². The molecular weight excluding hydrogens is 430 g/mol. The summed E-state index contributed by atoms with van der Waals surface area (Å²) in [6.45, 7) is 3.25. The van der Waals surface area contributed by atoms with Gasteiger partial charge in [0.25, 0.3) is 0 Å². The van der Waals surface area contributed by atoms with Crippen molar-refractivity contribution in [1.82, 2.24) is 4.90 Å². The summed E-state index contributed by atoms with van der Waals surface area (Å²) in [5, 5.41) is 16.2. The number of nitrogens with zero attached hydrogens (tertiary/aromatic N) is 1. The third-order valence-electron chi connectivity index (χ3n) is 5.25. The van der Waals surface area contributed by atoms with Crippen LogP contribution in [0, 0.1) is 0 Å². The van der Waals surface area contributed by atoms with Gasteiger partial charge in [-0.05, 0) is 63.0 Å². The predicted molar refractivity (Wildman–Crippen MR) is 125 cm³/mol. The Hall–Kier alpha value is -2.67. The summed E-state index contributed by atoms with van der Waals surface area (Å²) >= 11 is 6.04. The standard InChI is InChI=1S/C21H26ClNO.C4H4O4/c1-21(17-7-4-3-5-8-17,18-10-12-19(22)13-11-18)24-16-14-20-9-6-15-23(20)2;5-3(6)1-2-4(7)8/h3-5,7-8,10-13,20H,6,9,14-16H2,1-2H3;1-2H,(H,5,6)(H,7,8)/b;2-1+/t20-,21-;/m1./s1/i3D,4D,5D,7D,8D;. The SMILES string of the molecule is O=C(O)/C=C/C(=O)O.[2H]c1c([2H])c([2H])c([C@@](C)(OCC[C@H]2CCCN2C)c2ccc(Cl)cc2)c([2H])c1[2H]. The van der Waals surface area contributed by atoms with E-state index >= 15 is 0 Å². The van der Waals surface area contributed by atoms with Crippen LogP contribution < -0.4 is 0 Å². The number of rotatable bonds is 8. The minimum absolute atomic E-state index is 0.144. The van der Waals surface area contributed by atoms with Gasteiger partial charge in [0.15, 0.2) is 0 Å². The van der Waals surface area contributed by atoms with Gasteiger partial charge in [-0.1, -0.05) is 53.9 Å². The Labute approximate surface area is 201 Å². The molecule has 0 bridgehead atoms. The molecule has 1 aliphatic rings. The van der Waals surface area contributed by atoms with E-state index in [4.69, 9.17) is 33.4 Å². The largest absolute Gasteiger partial charge is 0.478 e. The fourth-order valence-electron chi connectivity index (χ4n) is 3.44. The van der Waals surface area contributed by atoms with Gasteiger partial charge in [-0.2, -0.15) is 0 Å². The van der Waals surface area contributed by atoms with Crippen molar-refractivity contribution >= 4 is 23.5 Å². The highest BCUT2D eigenvalue weighted by Crippen LogP contribution is 2.34. The van der Waals surface area contributed by atoms with Crippen LogP contribution in [0.5, 0.6) is 0 Å². The first-order valence-corrected chi connectivity index (χ1v) is 10.5. The van der Waals surface area contributed by atoms with E-state index in [1.807, 2.05) is 0 Å². The van der Waals surface area contributed by atoms with Crippen molar-refractivity contribution < 1.29 is 31.4 Å². The van der Waals surface area contributed by atoms with Crippen LogP contribution in [0.3, 0.4) is 0 Å². The summed E-state index contributed by atoms with van der Waals surface area (Å²) < 4.78 is 47.2. The van der Waals surface area contributed by atoms with Crippen molar-refractivity contribution in [3.05, 3.63) is 82.8 Å². The van der Waals surface area contributed by atoms with E-state index in [9.17, 15) is 9.59 Å². The zero-order valence-corrected chi connectivity index (χ0v) is 18.8. The maximum Gasteiger partial charge on any atom is 0.328 e. The molecule has 1 saturated heterocycles. The molecule has 0 spiro atoms. The van der Waals surface area contributed by atoms with Crippen molar-refractivity contribution in [1.29, 1.82) is 0 Å². The normalized spacial score (nSPS) is 20.2. The average Bonchev–Trinajstić information content (AvgIpc) is 3.25. The van der Waals surface area contributed by atoms with Gasteiger partial charge in [0.05, 0.1) is 6.85 Å². The quantitative estimate of drug-likeness (QED) is 0.545. The molecule has 0 saturated carbocycles. The molecule has 0 unspecified atom stereocenters. The van der Waals surface area contributed by atoms with E-state index in [0.29, 0.717) is 35.4 Å². The number of hydrogen-bond donors (Lipinski definition) is 2. The Balaban J connectivity index is 0.000000521. The number of carboxylic acids is 2. The number of halogens is 1. The summed E-state index contributed by atoms with van der Waals surface area (Å²) in [7, 11) is 2.10. The van der Waals surface area contributed by atoms with Crippen LogP contribution in [-0.2, 0) is 19.9 Å². The third-order valence-corrected chi connectivity index (χ3v) is 5.51. The summed E-state index contributed by atoms with van der Waals surface area (Å²) in [6.07, 6.45) is 4.22. The van der Waals surface area contributed by atoms with Gasteiger partial charge in [-0.25, -0.2) is 9.59 Å². The Morgan fingerprint density at radius 1 is 1.16 bits per heavy atom. The molecule has 7 heteroatoms. The van der Waals surface area contributed by atoms with Gasteiger partial charge in [0, 0.05) is 29.8 Å². The molecule has 1 heterocycles. The molecule has 1 aliphatic heterocycles. The highest BCUT2D eigenvalue weighted by molar-refractivity contribution is 6.30. The Morgan fingerprint density at radius 2 is 1.75 bits per heavy atom. The topological polar surface area (TPSA) is 87.1 Å². The van der Waals surface area contributed by atoms with Gasteiger partial charge < -0.3 is 19.8 Å². The van der Waals surface area contributed by atoms with Gasteiger partial charge in [0.1, 0.15) is 5.60 Å². The highest BCUT2D eigenvalue weighted by atomic mass is 35.5. The van der Waals surface area contributed by atoms with E-state index in [1.165, 1.54) is 6.42 Å². The maximum absolute atomic E-state index is 9.55. The number of carbonyl (C=O) groups is 2. The molecule has 0 aliphatic carbocycles. The first kappa shape index (κ1) is 18.9. The Morgan fingerprint density at radius 3 is 2.25 bits per heavy atom. The molecule has 3 rings (SSSR count). The number of benzene rings is 2. The van der Waals surface area contributed by atoms with Crippen molar-refractivity contribution in [2.24, 2.45) is 0 Å². The molecule has 0 radical (unpaired) electrons. The zero-order valence-electron chi connectivity index (χ0n) is 23.0. The molecular formula is C25H30ClNO5. The molecule has 32 heavy (non-hydrogen) atoms. The predicted octanol–water partition coefficient (Wildman–Crippen LogP) is 4.82. The molecule has 0 amide bonds. The third kappa shape index (κ3) is 7.79. The summed E-state index contributed by atoms with van der Waals surface area (Å²) in [6, 6.07) is 5.82. The Bertz CT molecular complexity index is 1120. The monoisotopic (exact) mass is 464 g/mol. The number of hydrogen-bond acceptors (Lipinski definition) is 4. The molecule has 2 atom stereocenters. The number of ether oxygens (including phenoxy) is 1. The lowest BCUT2D eigenvalue weighted by Gasteiger charge is -2.32. The van der Waals surface area contributed by atoms with Crippen LogP contribution in [0.25, 0.3) is 0 Å². The van der Waals surface area contributed by atoms with Gasteiger partial charge in [0.2, 0.25) is 0 Å². The molecule has 2 aromatic carbocycles. The van der Waals surface area contributed by atoms with Gasteiger partial charge in [-0.15, -0.1) is 0 Å². The van der Waals surface area contributed by atoms with Crippen LogP contribution in [0.15, 0.2) is 66.6 Å². The van der Waals surface area contributed by atoms with Crippen LogP contribution in [0.1, 0.15) is 44.2 Å². The van der Waals surface area contributed by atoms with Crippen molar-refractivity contribution in [2.75, 3.05) is 20.2 Å². The molecule has 2 aromatic rings. The van der Waals surface area contributed by atoms with Gasteiger partial charge >= 0.3 is 11.9 Å². The van der Waals surface area contributed by atoms with Crippen molar-refractivity contribution in [2.45, 2.75) is 37.8 Å². The maximum atomic E-state index is 9.55. The lowest BCUT2D eigenvalue weighted by molar-refractivity contribution is -0.134. The first-order chi connectivity index (χ1) is 17.3. The average molecular weight is 465 g/mol. The zero-order chi connectivity index (χ0) is 27.9. The van der Waals surface area contributed by atoms with Gasteiger partial charge in [-0.3, -0.25) is 0 Å². The summed E-state index contributed by atoms with van der Waals surface area (Å²) in [4.78, 5) is 21.4. The first-order valence-electron chi connectivity index (χ1n) is 12.6. The van der Waals surface area contributed by atoms with E-state index in [0.717, 1.165) is 19.4 Å². The molecule has 1 fully saturated rings. The summed E-state index contributed by atoms with van der Waals surface area (Å²) in [5.74, 6) is -2.51. The molecule has 2 N–H and O–H groups in total. The summed E-state index contributed by atoms with van der Waals surface area (Å²) in [5.41, 5.74) is -0.360. The highest BCUT2D eigenvalue weighted by Gasteiger charge is 2.30. The molecule has 6 nitrogen and oxygen atoms in total. The lowest BCUT2D eigenvalue weighted by Crippen LogP contribution is -2.31. The van der Waals surface area contributed by atoms with Crippen molar-refractivity contribution in [3.8, 4) is 0 Å². The number of likely N-dealkylation sites (tertiary alicyclic amines) is 1. The van der Waals surface area contributed by atoms with E-state index < -0.39 is 23.6 Å². The number of carboxylic acid groups (broad SMARTS) is 2. The molecule has 0 aromatic heterocycles. The minimum Gasteiger partial charge on any atom is -0.478 e. The van der Waals surface area contributed by atoms with Crippen LogP contribution >= 0.6 is 11.6 Å². The smallest absolute Gasteiger partial charge is 0.328 e. The van der Waals surface area contributed by atoms with E-state index in [1.54, 1.807) is 31.2 Å². The minimum atomic E-state index is -1.26. The van der Waals surface area contributed by atoms with Crippen LogP contribution in [0.2, 0.25) is 5.02 Å². The van der Waals surface area contributed by atoms with E-state index in [-0.39, 0.29) is 29.7 Å².